The van der Waals surface area contributed by atoms with E-state index in [4.69, 9.17) is 4.74 Å². The summed E-state index contributed by atoms with van der Waals surface area (Å²) in [4.78, 5) is 2.56. The van der Waals surface area contributed by atoms with Gasteiger partial charge in [0.2, 0.25) is 0 Å². The fourth-order valence-electron chi connectivity index (χ4n) is 3.77. The molecule has 1 fully saturated rings. The van der Waals surface area contributed by atoms with E-state index in [9.17, 15) is 0 Å². The average Bonchev–Trinajstić information content (AvgIpc) is 2.80. The number of nitrogens with zero attached hydrogens (tertiary/aromatic N) is 1. The Morgan fingerprint density at radius 2 is 2.11 bits per heavy atom. The minimum Gasteiger partial charge on any atom is -0.499 e. The molecule has 1 aliphatic carbocycles. The molecule has 3 rings (SSSR count). The molecule has 0 saturated carbocycles. The number of ether oxygens (including phenoxy) is 1. The first-order valence-electron chi connectivity index (χ1n) is 7.49. The van der Waals surface area contributed by atoms with Gasteiger partial charge in [0.05, 0.1) is 7.11 Å². The van der Waals surface area contributed by atoms with Crippen LogP contribution < -0.4 is 5.32 Å². The first kappa shape index (κ1) is 13.0. The maximum atomic E-state index is 5.64. The molecule has 3 unspecified atom stereocenters. The van der Waals surface area contributed by atoms with E-state index in [0.29, 0.717) is 18.1 Å². The third-order valence-corrected chi connectivity index (χ3v) is 4.72. The normalized spacial score (nSPS) is 34.3. The largest absolute Gasteiger partial charge is 0.499 e. The second kappa shape index (κ2) is 4.55. The number of methoxy groups -OCH3 is 1. The molecule has 0 radical (unpaired) electrons. The third kappa shape index (κ3) is 2.08. The average molecular weight is 262 g/mol. The van der Waals surface area contributed by atoms with E-state index in [-0.39, 0.29) is 5.41 Å². The van der Waals surface area contributed by atoms with Crippen LogP contribution in [-0.4, -0.2) is 36.7 Å². The molecular formula is C16H26N2O. The van der Waals surface area contributed by atoms with Crippen molar-refractivity contribution in [3.05, 3.63) is 23.6 Å². The molecular weight excluding hydrogens is 236 g/mol. The van der Waals surface area contributed by atoms with Gasteiger partial charge in [0, 0.05) is 24.3 Å². The molecule has 0 amide bonds. The van der Waals surface area contributed by atoms with Crippen LogP contribution in [0.3, 0.4) is 0 Å². The molecule has 1 N–H and O–H groups in total. The van der Waals surface area contributed by atoms with Gasteiger partial charge in [-0.2, -0.15) is 0 Å². The summed E-state index contributed by atoms with van der Waals surface area (Å²) in [6, 6.07) is 1.35. The highest BCUT2D eigenvalue weighted by Gasteiger charge is 2.47. The second-order valence-electron chi connectivity index (χ2n) is 7.03. The molecule has 3 atom stereocenters. The van der Waals surface area contributed by atoms with Gasteiger partial charge in [0.15, 0.2) is 0 Å². The lowest BCUT2D eigenvalue weighted by Gasteiger charge is -2.51. The maximum Gasteiger partial charge on any atom is 0.117 e. The fraction of sp³-hybridized carbons (Fsp3) is 0.750. The number of hydrogen-bond donors (Lipinski definition) is 1. The Balaban J connectivity index is 1.96. The van der Waals surface area contributed by atoms with Gasteiger partial charge < -0.3 is 15.0 Å². The van der Waals surface area contributed by atoms with Gasteiger partial charge in [-0.25, -0.2) is 0 Å². The zero-order valence-corrected chi connectivity index (χ0v) is 12.6. The molecule has 0 aromatic rings. The van der Waals surface area contributed by atoms with Gasteiger partial charge in [-0.15, -0.1) is 0 Å². The molecule has 0 spiro atoms. The molecule has 19 heavy (non-hydrogen) atoms. The SMILES string of the molecule is COC1=CCN2C3=CCCCC3NC(C(C)(C)C)C12. The summed E-state index contributed by atoms with van der Waals surface area (Å²) in [5, 5.41) is 3.90. The quantitative estimate of drug-likeness (QED) is 0.786. The third-order valence-electron chi connectivity index (χ3n) is 4.72. The summed E-state index contributed by atoms with van der Waals surface area (Å²) in [5.41, 5.74) is 1.73. The van der Waals surface area contributed by atoms with Crippen molar-refractivity contribution in [1.82, 2.24) is 10.2 Å². The van der Waals surface area contributed by atoms with E-state index in [2.05, 4.69) is 43.1 Å². The minimum atomic E-state index is 0.230. The number of allylic oxidation sites excluding steroid dienone is 1. The van der Waals surface area contributed by atoms with Crippen molar-refractivity contribution >= 4 is 0 Å². The first-order chi connectivity index (χ1) is 9.02. The van der Waals surface area contributed by atoms with Crippen molar-refractivity contribution in [3.8, 4) is 0 Å². The Morgan fingerprint density at radius 3 is 2.79 bits per heavy atom. The van der Waals surface area contributed by atoms with E-state index in [1.54, 1.807) is 7.11 Å². The lowest BCUT2D eigenvalue weighted by atomic mass is 9.78. The summed E-state index contributed by atoms with van der Waals surface area (Å²) in [6.45, 7) is 7.98. The van der Waals surface area contributed by atoms with E-state index in [1.807, 2.05) is 0 Å². The highest BCUT2D eigenvalue weighted by atomic mass is 16.5. The van der Waals surface area contributed by atoms with E-state index in [0.717, 1.165) is 12.3 Å². The molecule has 106 valence electrons. The molecule has 1 saturated heterocycles. The summed E-state index contributed by atoms with van der Waals surface area (Å²) < 4.78 is 5.64. The summed E-state index contributed by atoms with van der Waals surface area (Å²) in [7, 11) is 1.80. The molecule has 0 bridgehead atoms. The van der Waals surface area contributed by atoms with Crippen LogP contribution in [0.25, 0.3) is 0 Å². The number of rotatable bonds is 1. The molecule has 3 nitrogen and oxygen atoms in total. The zero-order valence-electron chi connectivity index (χ0n) is 12.6. The van der Waals surface area contributed by atoms with Crippen LogP contribution in [0.15, 0.2) is 23.6 Å². The van der Waals surface area contributed by atoms with Crippen molar-refractivity contribution in [2.24, 2.45) is 5.41 Å². The Kier molecular flexibility index (Phi) is 3.12. The molecule has 2 heterocycles. The minimum absolute atomic E-state index is 0.230. The van der Waals surface area contributed by atoms with E-state index in [1.165, 1.54) is 25.0 Å². The number of hydrogen-bond acceptors (Lipinski definition) is 3. The summed E-state index contributed by atoms with van der Waals surface area (Å²) in [6.07, 6.45) is 8.48. The number of piperazine rings is 1. The molecule has 3 aliphatic rings. The highest BCUT2D eigenvalue weighted by Crippen LogP contribution is 2.40. The smallest absolute Gasteiger partial charge is 0.117 e. The number of nitrogens with one attached hydrogen (secondary N) is 1. The van der Waals surface area contributed by atoms with Gasteiger partial charge in [0.25, 0.3) is 0 Å². The van der Waals surface area contributed by atoms with Gasteiger partial charge >= 0.3 is 0 Å². The van der Waals surface area contributed by atoms with Gasteiger partial charge in [-0.1, -0.05) is 26.8 Å². The summed E-state index contributed by atoms with van der Waals surface area (Å²) >= 11 is 0. The van der Waals surface area contributed by atoms with Crippen LogP contribution in [-0.2, 0) is 4.74 Å². The fourth-order valence-corrected chi connectivity index (χ4v) is 3.77. The lowest BCUT2D eigenvalue weighted by molar-refractivity contribution is 0.0784. The predicted octanol–water partition coefficient (Wildman–Crippen LogP) is 2.66. The molecule has 2 aliphatic heterocycles. The number of fused-ring (bicyclic) bond motifs is 3. The van der Waals surface area contributed by atoms with Crippen molar-refractivity contribution in [2.75, 3.05) is 13.7 Å². The predicted molar refractivity (Wildman–Crippen MR) is 77.7 cm³/mol. The second-order valence-corrected chi connectivity index (χ2v) is 7.03. The Hall–Kier alpha value is -0.960. The van der Waals surface area contributed by atoms with Crippen molar-refractivity contribution in [1.29, 1.82) is 0 Å². The standard InChI is InChI=1S/C16H26N2O/c1-16(2,3)15-14-13(19-4)9-10-18(14)12-8-6-5-7-11(12)17-15/h8-9,11,14-15,17H,5-7,10H2,1-4H3. The summed E-state index contributed by atoms with van der Waals surface area (Å²) in [5.74, 6) is 1.14. The Labute approximate surface area is 116 Å². The van der Waals surface area contributed by atoms with E-state index < -0.39 is 0 Å². The first-order valence-corrected chi connectivity index (χ1v) is 7.49. The van der Waals surface area contributed by atoms with Gasteiger partial charge in [-0.3, -0.25) is 0 Å². The highest BCUT2D eigenvalue weighted by molar-refractivity contribution is 5.30. The van der Waals surface area contributed by atoms with Crippen molar-refractivity contribution < 1.29 is 4.74 Å². The van der Waals surface area contributed by atoms with Crippen LogP contribution in [0, 0.1) is 5.41 Å². The molecule has 0 aromatic heterocycles. The maximum absolute atomic E-state index is 5.64. The van der Waals surface area contributed by atoms with Crippen LogP contribution in [0.4, 0.5) is 0 Å². The van der Waals surface area contributed by atoms with Crippen LogP contribution in [0.5, 0.6) is 0 Å². The van der Waals surface area contributed by atoms with Gasteiger partial charge in [-0.05, 0) is 30.8 Å². The van der Waals surface area contributed by atoms with Crippen molar-refractivity contribution in [3.63, 3.8) is 0 Å². The lowest BCUT2D eigenvalue weighted by Crippen LogP contribution is -2.64. The zero-order chi connectivity index (χ0) is 13.6. The topological polar surface area (TPSA) is 24.5 Å². The van der Waals surface area contributed by atoms with Gasteiger partial charge in [0.1, 0.15) is 11.8 Å². The van der Waals surface area contributed by atoms with E-state index >= 15 is 0 Å². The van der Waals surface area contributed by atoms with Crippen LogP contribution in [0.2, 0.25) is 0 Å². The van der Waals surface area contributed by atoms with Crippen LogP contribution in [0.1, 0.15) is 40.0 Å². The monoisotopic (exact) mass is 262 g/mol. The van der Waals surface area contributed by atoms with Crippen molar-refractivity contribution in [2.45, 2.75) is 58.2 Å². The molecule has 3 heteroatoms. The Morgan fingerprint density at radius 1 is 1.32 bits per heavy atom. The Bertz CT molecular complexity index is 419. The van der Waals surface area contributed by atoms with Crippen LogP contribution >= 0.6 is 0 Å². The molecule has 0 aromatic carbocycles.